The third kappa shape index (κ3) is 4.08. The van der Waals surface area contributed by atoms with Crippen molar-refractivity contribution in [3.05, 3.63) is 70.8 Å². The fourth-order valence-corrected chi connectivity index (χ4v) is 4.20. The molecule has 2 aromatic carbocycles. The third-order valence-electron chi connectivity index (χ3n) is 5.98. The van der Waals surface area contributed by atoms with E-state index in [2.05, 4.69) is 10.4 Å². The zero-order valence-electron chi connectivity index (χ0n) is 17.8. The lowest BCUT2D eigenvalue weighted by molar-refractivity contribution is 0.0949. The van der Waals surface area contributed by atoms with Crippen molar-refractivity contribution in [1.82, 2.24) is 15.1 Å². The van der Waals surface area contributed by atoms with Gasteiger partial charge in [0, 0.05) is 17.7 Å². The summed E-state index contributed by atoms with van der Waals surface area (Å²) in [5, 5.41) is 7.37. The second-order valence-corrected chi connectivity index (χ2v) is 8.13. The molecule has 1 fully saturated rings. The first-order valence-electron chi connectivity index (χ1n) is 10.6. The number of anilines is 1. The number of primary amides is 1. The van der Waals surface area contributed by atoms with Gasteiger partial charge in [0.2, 0.25) is 0 Å². The van der Waals surface area contributed by atoms with Gasteiger partial charge in [-0.1, -0.05) is 42.5 Å². The van der Waals surface area contributed by atoms with Crippen LogP contribution >= 0.6 is 0 Å². The van der Waals surface area contributed by atoms with Crippen molar-refractivity contribution in [2.24, 2.45) is 5.73 Å². The average Bonchev–Trinajstić information content (AvgIpc) is 3.35. The number of amides is 2. The normalized spacial score (nSPS) is 17.9. The third-order valence-corrected chi connectivity index (χ3v) is 5.98. The highest BCUT2D eigenvalue weighted by molar-refractivity contribution is 6.03. The number of alkyl halides is 1. The molecule has 5 N–H and O–H groups in total. The van der Waals surface area contributed by atoms with E-state index in [9.17, 15) is 14.0 Å². The van der Waals surface area contributed by atoms with Gasteiger partial charge in [0.05, 0.1) is 6.04 Å². The molecule has 0 spiro atoms. The number of hydrogen-bond acceptors (Lipinski definition) is 4. The Labute approximate surface area is 185 Å². The van der Waals surface area contributed by atoms with Crippen LogP contribution in [0.25, 0.3) is 11.3 Å². The zero-order chi connectivity index (χ0) is 22.8. The number of hydrogen-bond donors (Lipinski definition) is 3. The van der Waals surface area contributed by atoms with Crippen LogP contribution in [-0.2, 0) is 6.54 Å². The molecule has 0 saturated heterocycles. The smallest absolute Gasteiger partial charge is 0.254 e. The standard InChI is InChI=1S/C24H26FN5O2/c1-14-5-2-3-6-17(14)24(32)28-13-15-9-11-16(12-10-15)21-20(23(27)31)22(26)30(29-21)19-8-4-7-18(19)25/h2-3,5-6,9-12,18-19H,4,7-8,13,26H2,1H3,(H2,27,31)(H,28,32). The van der Waals surface area contributed by atoms with E-state index < -0.39 is 18.1 Å². The molecule has 8 heteroatoms. The minimum absolute atomic E-state index is 0.0941. The fraction of sp³-hybridized carbons (Fsp3) is 0.292. The summed E-state index contributed by atoms with van der Waals surface area (Å²) in [5.74, 6) is -0.754. The lowest BCUT2D eigenvalue weighted by Crippen LogP contribution is -2.23. The summed E-state index contributed by atoms with van der Waals surface area (Å²) in [4.78, 5) is 24.5. The maximum absolute atomic E-state index is 14.3. The Hall–Kier alpha value is -3.68. The number of halogens is 1. The van der Waals surface area contributed by atoms with E-state index in [-0.39, 0.29) is 17.3 Å². The SMILES string of the molecule is Cc1ccccc1C(=O)NCc1ccc(-c2nn(C3CCCC3F)c(N)c2C(N)=O)cc1. The number of nitrogens with zero attached hydrogens (tertiary/aromatic N) is 2. The second kappa shape index (κ2) is 8.82. The number of rotatable bonds is 6. The molecule has 1 aromatic heterocycles. The highest BCUT2D eigenvalue weighted by Gasteiger charge is 2.33. The van der Waals surface area contributed by atoms with Gasteiger partial charge in [-0.2, -0.15) is 5.10 Å². The Bertz CT molecular complexity index is 1160. The number of aryl methyl sites for hydroxylation is 1. The molecule has 0 aliphatic heterocycles. The number of carbonyl (C=O) groups excluding carboxylic acids is 2. The molecule has 2 unspecified atom stereocenters. The number of carbonyl (C=O) groups is 2. The van der Waals surface area contributed by atoms with E-state index >= 15 is 0 Å². The zero-order valence-corrected chi connectivity index (χ0v) is 17.8. The van der Waals surface area contributed by atoms with Gasteiger partial charge >= 0.3 is 0 Å². The fourth-order valence-electron chi connectivity index (χ4n) is 4.20. The van der Waals surface area contributed by atoms with Crippen molar-refractivity contribution in [3.8, 4) is 11.3 Å². The van der Waals surface area contributed by atoms with Crippen molar-refractivity contribution < 1.29 is 14.0 Å². The Morgan fingerprint density at radius 1 is 1.16 bits per heavy atom. The van der Waals surface area contributed by atoms with Crippen LogP contribution in [0, 0.1) is 6.92 Å². The summed E-state index contributed by atoms with van der Waals surface area (Å²) in [6.07, 6.45) is 0.762. The summed E-state index contributed by atoms with van der Waals surface area (Å²) < 4.78 is 15.7. The Balaban J connectivity index is 1.54. The van der Waals surface area contributed by atoms with E-state index in [1.54, 1.807) is 18.2 Å². The van der Waals surface area contributed by atoms with Crippen molar-refractivity contribution in [3.63, 3.8) is 0 Å². The van der Waals surface area contributed by atoms with Crippen LogP contribution in [0.2, 0.25) is 0 Å². The lowest BCUT2D eigenvalue weighted by atomic mass is 10.0. The van der Waals surface area contributed by atoms with Gasteiger partial charge in [0.25, 0.3) is 11.8 Å². The van der Waals surface area contributed by atoms with Gasteiger partial charge in [0.1, 0.15) is 23.2 Å². The first-order valence-corrected chi connectivity index (χ1v) is 10.6. The number of benzene rings is 2. The maximum Gasteiger partial charge on any atom is 0.254 e. The molecular formula is C24H26FN5O2. The first-order chi connectivity index (χ1) is 15.4. The van der Waals surface area contributed by atoms with Crippen molar-refractivity contribution in [2.45, 2.75) is 44.9 Å². The van der Waals surface area contributed by atoms with E-state index in [4.69, 9.17) is 11.5 Å². The molecule has 2 amide bonds. The minimum atomic E-state index is -1.05. The summed E-state index contributed by atoms with van der Waals surface area (Å²) >= 11 is 0. The lowest BCUT2D eigenvalue weighted by Gasteiger charge is -2.14. The Kier molecular flexibility index (Phi) is 5.94. The van der Waals surface area contributed by atoms with Crippen molar-refractivity contribution in [2.75, 3.05) is 5.73 Å². The van der Waals surface area contributed by atoms with Gasteiger partial charge in [0.15, 0.2) is 0 Å². The van der Waals surface area contributed by atoms with Crippen LogP contribution in [0.15, 0.2) is 48.5 Å². The minimum Gasteiger partial charge on any atom is -0.383 e. The summed E-state index contributed by atoms with van der Waals surface area (Å²) in [6.45, 7) is 2.24. The van der Waals surface area contributed by atoms with Crippen LogP contribution in [0.5, 0.6) is 0 Å². The van der Waals surface area contributed by atoms with Gasteiger partial charge in [-0.3, -0.25) is 9.59 Å². The van der Waals surface area contributed by atoms with E-state index in [0.29, 0.717) is 36.2 Å². The molecule has 166 valence electrons. The number of nitrogens with one attached hydrogen (secondary N) is 1. The molecule has 2 atom stereocenters. The molecule has 1 aliphatic carbocycles. The van der Waals surface area contributed by atoms with Gasteiger partial charge < -0.3 is 16.8 Å². The second-order valence-electron chi connectivity index (χ2n) is 8.13. The first kappa shape index (κ1) is 21.5. The predicted octanol–water partition coefficient (Wildman–Crippen LogP) is 3.53. The summed E-state index contributed by atoms with van der Waals surface area (Å²) in [5.41, 5.74) is 15.2. The molecule has 0 bridgehead atoms. The molecule has 3 aromatic rings. The summed E-state index contributed by atoms with van der Waals surface area (Å²) in [6, 6.07) is 14.1. The highest BCUT2D eigenvalue weighted by Crippen LogP contribution is 2.37. The van der Waals surface area contributed by atoms with E-state index in [1.165, 1.54) is 4.68 Å². The summed E-state index contributed by atoms with van der Waals surface area (Å²) in [7, 11) is 0. The molecular weight excluding hydrogens is 409 g/mol. The van der Waals surface area contributed by atoms with Crippen LogP contribution < -0.4 is 16.8 Å². The van der Waals surface area contributed by atoms with Gasteiger partial charge in [-0.15, -0.1) is 0 Å². The molecule has 1 saturated carbocycles. The van der Waals surface area contributed by atoms with Crippen LogP contribution in [0.3, 0.4) is 0 Å². The quantitative estimate of drug-likeness (QED) is 0.549. The topological polar surface area (TPSA) is 116 Å². The molecule has 32 heavy (non-hydrogen) atoms. The van der Waals surface area contributed by atoms with Crippen LogP contribution in [-0.4, -0.2) is 27.8 Å². The number of nitrogen functional groups attached to an aromatic ring is 1. The monoisotopic (exact) mass is 435 g/mol. The molecule has 1 aliphatic rings. The van der Waals surface area contributed by atoms with Crippen LogP contribution in [0.1, 0.15) is 57.1 Å². The molecule has 7 nitrogen and oxygen atoms in total. The number of nitrogens with two attached hydrogens (primary N) is 2. The molecule has 4 rings (SSSR count). The van der Waals surface area contributed by atoms with Crippen LogP contribution in [0.4, 0.5) is 10.2 Å². The predicted molar refractivity (Wildman–Crippen MR) is 121 cm³/mol. The highest BCUT2D eigenvalue weighted by atomic mass is 19.1. The molecule has 1 heterocycles. The van der Waals surface area contributed by atoms with Gasteiger partial charge in [-0.25, -0.2) is 9.07 Å². The van der Waals surface area contributed by atoms with Crippen molar-refractivity contribution in [1.29, 1.82) is 0 Å². The van der Waals surface area contributed by atoms with E-state index in [0.717, 1.165) is 17.5 Å². The average molecular weight is 436 g/mol. The number of aromatic nitrogens is 2. The Morgan fingerprint density at radius 2 is 1.88 bits per heavy atom. The maximum atomic E-state index is 14.3. The van der Waals surface area contributed by atoms with Gasteiger partial charge in [-0.05, 0) is 43.4 Å². The molecule has 0 radical (unpaired) electrons. The largest absolute Gasteiger partial charge is 0.383 e. The Morgan fingerprint density at radius 3 is 2.50 bits per heavy atom. The van der Waals surface area contributed by atoms with E-state index in [1.807, 2.05) is 37.3 Å². The van der Waals surface area contributed by atoms with Crippen molar-refractivity contribution >= 4 is 17.6 Å².